The maximum absolute atomic E-state index is 4.22. The molecule has 202 valence electrons. The third-order valence-electron chi connectivity index (χ3n) is 7.38. The lowest BCUT2D eigenvalue weighted by Crippen LogP contribution is -1.97. The molecule has 0 amide bonds. The number of rotatable bonds is 6. The minimum Gasteiger partial charge on any atom is -0.309 e. The Morgan fingerprint density at radius 1 is 0.732 bits per heavy atom. The van der Waals surface area contributed by atoms with Gasteiger partial charge < -0.3 is 4.57 Å². The molecule has 0 aliphatic heterocycles. The Kier molecular flexibility index (Phi) is 8.33. The number of allylic oxidation sites excluding steroid dienone is 5. The van der Waals surface area contributed by atoms with Crippen molar-refractivity contribution >= 4 is 60.1 Å². The fourth-order valence-electron chi connectivity index (χ4n) is 5.60. The van der Waals surface area contributed by atoms with Gasteiger partial charge in [-0.15, -0.1) is 24.5 Å². The van der Waals surface area contributed by atoms with Crippen molar-refractivity contribution in [2.45, 2.75) is 20.8 Å². The average molecular weight is 550 g/mol. The molecule has 4 aromatic carbocycles. The van der Waals surface area contributed by atoms with Crippen LogP contribution < -0.4 is 0 Å². The van der Waals surface area contributed by atoms with Gasteiger partial charge in [0.2, 0.25) is 0 Å². The number of thiophene rings is 1. The second-order valence-electron chi connectivity index (χ2n) is 9.67. The molecule has 0 atom stereocenters. The fraction of sp³-hybridized carbons (Fsp3) is 0.0769. The monoisotopic (exact) mass is 549 g/mol. The Bertz CT molecular complexity index is 1970. The van der Waals surface area contributed by atoms with Gasteiger partial charge in [0, 0.05) is 36.8 Å². The van der Waals surface area contributed by atoms with Crippen LogP contribution in [0.1, 0.15) is 37.6 Å². The minimum absolute atomic E-state index is 1.15. The van der Waals surface area contributed by atoms with Crippen LogP contribution >= 0.6 is 11.3 Å². The zero-order valence-corrected chi connectivity index (χ0v) is 24.8. The fourth-order valence-corrected chi connectivity index (χ4v) is 6.69. The van der Waals surface area contributed by atoms with Crippen LogP contribution in [0.25, 0.3) is 65.6 Å². The number of hydrogen-bond acceptors (Lipinski definition) is 1. The zero-order valence-electron chi connectivity index (χ0n) is 24.0. The lowest BCUT2D eigenvalue weighted by atomic mass is 9.97. The van der Waals surface area contributed by atoms with Gasteiger partial charge in [-0.3, -0.25) is 0 Å². The summed E-state index contributed by atoms with van der Waals surface area (Å²) in [6.07, 6.45) is 12.7. The molecule has 6 aromatic rings. The molecular formula is C39H35NS. The Morgan fingerprint density at radius 3 is 2.27 bits per heavy atom. The summed E-state index contributed by atoms with van der Waals surface area (Å²) >= 11 is 1.85. The highest BCUT2D eigenvalue weighted by atomic mass is 32.1. The van der Waals surface area contributed by atoms with Gasteiger partial charge in [-0.1, -0.05) is 79.4 Å². The van der Waals surface area contributed by atoms with Crippen LogP contribution in [0.3, 0.4) is 0 Å². The van der Waals surface area contributed by atoms with Crippen molar-refractivity contribution in [1.82, 2.24) is 4.57 Å². The molecule has 0 saturated heterocycles. The first-order valence-corrected chi connectivity index (χ1v) is 14.7. The van der Waals surface area contributed by atoms with Gasteiger partial charge in [0.15, 0.2) is 0 Å². The second kappa shape index (κ2) is 12.2. The van der Waals surface area contributed by atoms with E-state index in [0.29, 0.717) is 0 Å². The Balaban J connectivity index is 0.00000165. The molecule has 0 aliphatic rings. The number of aromatic nitrogens is 1. The summed E-state index contributed by atoms with van der Waals surface area (Å²) in [5, 5.41) is 3.82. The van der Waals surface area contributed by atoms with E-state index in [1.165, 1.54) is 53.3 Å². The van der Waals surface area contributed by atoms with Gasteiger partial charge >= 0.3 is 0 Å². The number of benzene rings is 4. The molecule has 0 spiro atoms. The molecule has 0 saturated carbocycles. The van der Waals surface area contributed by atoms with Crippen molar-refractivity contribution in [3.63, 3.8) is 0 Å². The Labute approximate surface area is 247 Å². The molecule has 41 heavy (non-hydrogen) atoms. The van der Waals surface area contributed by atoms with Crippen molar-refractivity contribution in [2.24, 2.45) is 0 Å². The number of hydrogen-bond donors (Lipinski definition) is 0. The van der Waals surface area contributed by atoms with Crippen LogP contribution in [0.5, 0.6) is 0 Å². The van der Waals surface area contributed by atoms with Gasteiger partial charge in [-0.2, -0.15) is 0 Å². The topological polar surface area (TPSA) is 4.93 Å². The van der Waals surface area contributed by atoms with Crippen molar-refractivity contribution in [1.29, 1.82) is 0 Å². The molecule has 0 bridgehead atoms. The third kappa shape index (κ3) is 5.03. The summed E-state index contributed by atoms with van der Waals surface area (Å²) in [4.78, 5) is 0. The predicted octanol–water partition coefficient (Wildman–Crippen LogP) is 12.1. The quantitative estimate of drug-likeness (QED) is 0.144. The largest absolute Gasteiger partial charge is 0.309 e. The summed E-state index contributed by atoms with van der Waals surface area (Å²) in [7, 11) is 0. The minimum atomic E-state index is 1.15. The third-order valence-corrected chi connectivity index (χ3v) is 8.53. The van der Waals surface area contributed by atoms with Gasteiger partial charge in [0.05, 0.1) is 11.2 Å². The molecule has 2 heterocycles. The first-order chi connectivity index (χ1) is 20.2. The van der Waals surface area contributed by atoms with Crippen molar-refractivity contribution in [3.8, 4) is 16.8 Å². The van der Waals surface area contributed by atoms with E-state index in [1.54, 1.807) is 0 Å². The van der Waals surface area contributed by atoms with E-state index in [0.717, 1.165) is 16.9 Å². The first kappa shape index (κ1) is 27.9. The Morgan fingerprint density at radius 2 is 1.51 bits per heavy atom. The molecule has 0 radical (unpaired) electrons. The highest BCUT2D eigenvalue weighted by Gasteiger charge is 2.17. The van der Waals surface area contributed by atoms with Crippen LogP contribution in [-0.2, 0) is 0 Å². The van der Waals surface area contributed by atoms with Gasteiger partial charge in [-0.25, -0.2) is 0 Å². The molecule has 0 fully saturated rings. The highest BCUT2D eigenvalue weighted by Crippen LogP contribution is 2.38. The number of fused-ring (bicyclic) bond motifs is 4. The summed E-state index contributed by atoms with van der Waals surface area (Å²) < 4.78 is 5.01. The Hall–Kier alpha value is -4.66. The SMILES string of the molecule is C=C.C=Cc1c(/C=C\C)n(-c2ccc3sc4ccccc4c3c2)c2ccc(-c3cccc(C(/C=C\C)=C/C)c3)cc12. The van der Waals surface area contributed by atoms with Crippen molar-refractivity contribution < 1.29 is 0 Å². The van der Waals surface area contributed by atoms with Gasteiger partial charge in [-0.05, 0) is 91.6 Å². The van der Waals surface area contributed by atoms with Crippen molar-refractivity contribution in [2.75, 3.05) is 0 Å². The van der Waals surface area contributed by atoms with Crippen LogP contribution in [0.15, 0.2) is 129 Å². The van der Waals surface area contributed by atoms with Crippen LogP contribution in [0.2, 0.25) is 0 Å². The van der Waals surface area contributed by atoms with E-state index >= 15 is 0 Å². The lowest BCUT2D eigenvalue weighted by molar-refractivity contribution is 1.11. The van der Waals surface area contributed by atoms with E-state index in [-0.39, 0.29) is 0 Å². The van der Waals surface area contributed by atoms with E-state index in [2.05, 4.69) is 160 Å². The predicted molar refractivity (Wildman–Crippen MR) is 186 cm³/mol. The molecule has 0 N–H and O–H groups in total. The molecule has 0 aliphatic carbocycles. The highest BCUT2D eigenvalue weighted by molar-refractivity contribution is 7.25. The van der Waals surface area contributed by atoms with E-state index < -0.39 is 0 Å². The summed E-state index contributed by atoms with van der Waals surface area (Å²) in [6, 6.07) is 31.1. The summed E-state index contributed by atoms with van der Waals surface area (Å²) in [5.74, 6) is 0. The molecule has 0 unspecified atom stereocenters. The smallest absolute Gasteiger partial charge is 0.0541 e. The first-order valence-electron chi connectivity index (χ1n) is 13.9. The maximum Gasteiger partial charge on any atom is 0.0541 e. The van der Waals surface area contributed by atoms with E-state index in [9.17, 15) is 0 Å². The molecule has 2 heteroatoms. The molecule has 6 rings (SSSR count). The normalized spacial score (nSPS) is 12.0. The van der Waals surface area contributed by atoms with E-state index in [1.807, 2.05) is 17.4 Å². The lowest BCUT2D eigenvalue weighted by Gasteiger charge is -2.11. The molecular weight excluding hydrogens is 515 g/mol. The summed E-state index contributed by atoms with van der Waals surface area (Å²) in [5.41, 5.74) is 9.50. The molecule has 1 nitrogen and oxygen atoms in total. The van der Waals surface area contributed by atoms with Crippen LogP contribution in [-0.4, -0.2) is 4.57 Å². The zero-order chi connectivity index (χ0) is 28.9. The molecule has 2 aromatic heterocycles. The van der Waals surface area contributed by atoms with Crippen LogP contribution in [0.4, 0.5) is 0 Å². The summed E-state index contributed by atoms with van der Waals surface area (Å²) in [6.45, 7) is 16.4. The van der Waals surface area contributed by atoms with Gasteiger partial charge in [0.1, 0.15) is 0 Å². The van der Waals surface area contributed by atoms with Crippen molar-refractivity contribution in [3.05, 3.63) is 146 Å². The van der Waals surface area contributed by atoms with E-state index in [4.69, 9.17) is 0 Å². The second-order valence-corrected chi connectivity index (χ2v) is 10.8. The average Bonchev–Trinajstić information content (AvgIpc) is 3.55. The number of nitrogens with zero attached hydrogens (tertiary/aromatic N) is 1. The van der Waals surface area contributed by atoms with Crippen LogP contribution in [0, 0.1) is 0 Å². The standard InChI is InChI=1S/C37H31NS.C2H4/c1-5-12-25(7-3)26-14-11-15-27(22-26)28-18-20-35-32(23-28)30(8-4)34(13-6-2)38(35)29-19-21-37-33(24-29)31-16-9-10-17-36(31)39-37;1-2/h5-24H,4H2,1-3H3;1-2H2/b12-5-,13-6-,25-7+;. The van der Waals surface area contributed by atoms with Gasteiger partial charge in [0.25, 0.3) is 0 Å². The maximum atomic E-state index is 4.22.